The quantitative estimate of drug-likeness (QED) is 0.287. The van der Waals surface area contributed by atoms with Gasteiger partial charge in [-0.2, -0.15) is 0 Å². The van der Waals surface area contributed by atoms with Crippen molar-refractivity contribution < 1.29 is 14.1 Å². The zero-order chi connectivity index (χ0) is 16.9. The summed E-state index contributed by atoms with van der Waals surface area (Å²) in [5.74, 6) is 0. The van der Waals surface area contributed by atoms with Gasteiger partial charge < -0.3 is 0 Å². The molecule has 0 rings (SSSR count). The van der Waals surface area contributed by atoms with Crippen molar-refractivity contribution in [2.24, 2.45) is 0 Å². The first-order valence-electron chi connectivity index (χ1n) is 9.30. The molecule has 0 aromatic rings. The van der Waals surface area contributed by atoms with Gasteiger partial charge in [0, 0.05) is 0 Å². The summed E-state index contributed by atoms with van der Waals surface area (Å²) in [5, 5.41) is 0. The Kier molecular flexibility index (Phi) is 11.1. The molecule has 0 heterocycles. The molecule has 0 saturated carbocycles. The molecule has 0 saturated heterocycles. The van der Waals surface area contributed by atoms with E-state index in [9.17, 15) is 4.79 Å². The van der Waals surface area contributed by atoms with Gasteiger partial charge in [0.1, 0.15) is 0 Å². The Labute approximate surface area is 138 Å². The molecule has 0 unspecified atom stereocenters. The van der Waals surface area contributed by atoms with E-state index in [-0.39, 0.29) is 0 Å². The van der Waals surface area contributed by atoms with Gasteiger partial charge in [0.05, 0.1) is 0 Å². The summed E-state index contributed by atoms with van der Waals surface area (Å²) in [4.78, 5) is 12.1. The molecular weight excluding hydrogens is 295 g/mol. The predicted octanol–water partition coefficient (Wildman–Crippen LogP) is 6.44. The number of ether oxygens (including phenoxy) is 1. The van der Waals surface area contributed by atoms with Crippen LogP contribution in [-0.4, -0.2) is 37.9 Å². The molecule has 0 radical (unpaired) electrons. The van der Waals surface area contributed by atoms with E-state index in [2.05, 4.69) is 27.7 Å². The SMILES string of the molecule is CCCCP(CCCC)(CCCC)(CCCC)OC(=O)OC. The van der Waals surface area contributed by atoms with Crippen LogP contribution in [0.5, 0.6) is 0 Å². The van der Waals surface area contributed by atoms with Crippen molar-refractivity contribution >= 4 is 13.0 Å². The molecule has 22 heavy (non-hydrogen) atoms. The Bertz CT molecular complexity index is 261. The Morgan fingerprint density at radius 2 is 1.05 bits per heavy atom. The van der Waals surface area contributed by atoms with Crippen LogP contribution in [0.2, 0.25) is 0 Å². The number of methoxy groups -OCH3 is 1. The molecular formula is C18H39O3P. The van der Waals surface area contributed by atoms with E-state index in [0.29, 0.717) is 0 Å². The summed E-state index contributed by atoms with van der Waals surface area (Å²) in [7, 11) is 1.44. The van der Waals surface area contributed by atoms with E-state index in [0.717, 1.165) is 76.0 Å². The van der Waals surface area contributed by atoms with E-state index in [1.165, 1.54) is 7.11 Å². The van der Waals surface area contributed by atoms with Gasteiger partial charge in [0.25, 0.3) is 0 Å². The number of rotatable bonds is 13. The van der Waals surface area contributed by atoms with Crippen LogP contribution >= 0.6 is 6.83 Å². The van der Waals surface area contributed by atoms with Crippen molar-refractivity contribution in [3.63, 3.8) is 0 Å². The molecule has 0 amide bonds. The number of carbonyl (C=O) groups excluding carboxylic acids is 1. The van der Waals surface area contributed by atoms with Crippen LogP contribution in [0.15, 0.2) is 0 Å². The second-order valence-electron chi connectivity index (χ2n) is 6.71. The summed E-state index contributed by atoms with van der Waals surface area (Å²) in [5.41, 5.74) is 0. The van der Waals surface area contributed by atoms with Gasteiger partial charge in [0.2, 0.25) is 0 Å². The molecule has 0 spiro atoms. The molecule has 0 aliphatic carbocycles. The third kappa shape index (κ3) is 6.86. The van der Waals surface area contributed by atoms with Crippen molar-refractivity contribution in [2.75, 3.05) is 31.8 Å². The fourth-order valence-electron chi connectivity index (χ4n) is 3.33. The predicted molar refractivity (Wildman–Crippen MR) is 99.5 cm³/mol. The van der Waals surface area contributed by atoms with Gasteiger partial charge in [-0.1, -0.05) is 0 Å². The summed E-state index contributed by atoms with van der Waals surface area (Å²) in [6, 6.07) is 0. The average molecular weight is 334 g/mol. The number of hydrogen-bond donors (Lipinski definition) is 0. The molecule has 0 fully saturated rings. The van der Waals surface area contributed by atoms with Crippen molar-refractivity contribution in [3.8, 4) is 0 Å². The molecule has 134 valence electrons. The molecule has 4 heteroatoms. The summed E-state index contributed by atoms with van der Waals surface area (Å²) in [6.07, 6.45) is 13.2. The zero-order valence-electron chi connectivity index (χ0n) is 15.7. The van der Waals surface area contributed by atoms with Crippen LogP contribution in [-0.2, 0) is 9.26 Å². The topological polar surface area (TPSA) is 35.5 Å². The molecule has 0 N–H and O–H groups in total. The van der Waals surface area contributed by atoms with Crippen LogP contribution in [0.4, 0.5) is 4.79 Å². The monoisotopic (exact) mass is 334 g/mol. The molecule has 0 bridgehead atoms. The first-order valence-corrected chi connectivity index (χ1v) is 12.2. The van der Waals surface area contributed by atoms with Crippen LogP contribution in [0.25, 0.3) is 0 Å². The van der Waals surface area contributed by atoms with Gasteiger partial charge in [-0.25, -0.2) is 0 Å². The second-order valence-corrected chi connectivity index (χ2v) is 12.4. The van der Waals surface area contributed by atoms with Crippen molar-refractivity contribution in [1.82, 2.24) is 0 Å². The van der Waals surface area contributed by atoms with Crippen molar-refractivity contribution in [1.29, 1.82) is 0 Å². The second kappa shape index (κ2) is 11.3. The molecule has 0 aliphatic heterocycles. The summed E-state index contributed by atoms with van der Waals surface area (Å²) >= 11 is 0. The number of hydrogen-bond acceptors (Lipinski definition) is 3. The third-order valence-electron chi connectivity index (χ3n) is 4.81. The normalized spacial score (nSPS) is 13.4. The molecule has 3 nitrogen and oxygen atoms in total. The Hall–Kier alpha value is -0.300. The fourth-order valence-corrected chi connectivity index (χ4v) is 10.0. The van der Waals surface area contributed by atoms with E-state index in [1.807, 2.05) is 0 Å². The van der Waals surface area contributed by atoms with Gasteiger partial charge >= 0.3 is 138 Å². The maximum absolute atomic E-state index is 12.1. The standard InChI is InChI=1S/C18H39O3P/c1-6-10-14-22(15-11-7-2,16-12-8-3,17-13-9-4)21-18(19)20-5/h6-17H2,1-5H3. The Balaban J connectivity index is 5.59. The van der Waals surface area contributed by atoms with Gasteiger partial charge in [-0.3, -0.25) is 0 Å². The van der Waals surface area contributed by atoms with E-state index < -0.39 is 13.0 Å². The number of carbonyl (C=O) groups is 1. The zero-order valence-corrected chi connectivity index (χ0v) is 16.6. The van der Waals surface area contributed by atoms with Crippen LogP contribution < -0.4 is 0 Å². The first-order chi connectivity index (χ1) is 10.5. The minimum atomic E-state index is -2.48. The van der Waals surface area contributed by atoms with Gasteiger partial charge in [-0.15, -0.1) is 0 Å². The van der Waals surface area contributed by atoms with Crippen molar-refractivity contribution in [3.05, 3.63) is 0 Å². The van der Waals surface area contributed by atoms with E-state index in [4.69, 9.17) is 9.26 Å². The van der Waals surface area contributed by atoms with Gasteiger partial charge in [0.15, 0.2) is 0 Å². The van der Waals surface area contributed by atoms with Gasteiger partial charge in [-0.05, 0) is 0 Å². The molecule has 0 aliphatic rings. The average Bonchev–Trinajstić information content (AvgIpc) is 2.55. The first kappa shape index (κ1) is 21.7. The van der Waals surface area contributed by atoms with Crippen LogP contribution in [0, 0.1) is 0 Å². The molecule has 0 aromatic carbocycles. The summed E-state index contributed by atoms with van der Waals surface area (Å²) in [6.45, 7) is 6.42. The number of unbranched alkanes of at least 4 members (excludes halogenated alkanes) is 4. The Morgan fingerprint density at radius 1 is 0.727 bits per heavy atom. The minimum absolute atomic E-state index is 0.447. The van der Waals surface area contributed by atoms with Crippen LogP contribution in [0.1, 0.15) is 79.1 Å². The third-order valence-corrected chi connectivity index (χ3v) is 11.3. The summed E-state index contributed by atoms with van der Waals surface area (Å²) < 4.78 is 11.2. The van der Waals surface area contributed by atoms with E-state index >= 15 is 0 Å². The van der Waals surface area contributed by atoms with Crippen LogP contribution in [0.3, 0.4) is 0 Å². The van der Waals surface area contributed by atoms with E-state index in [1.54, 1.807) is 0 Å². The fraction of sp³-hybridized carbons (Fsp3) is 0.944. The Morgan fingerprint density at radius 3 is 1.27 bits per heavy atom. The molecule has 0 aromatic heterocycles. The van der Waals surface area contributed by atoms with Crippen molar-refractivity contribution in [2.45, 2.75) is 79.1 Å². The maximum atomic E-state index is 12.1. The molecule has 0 atom stereocenters.